The highest BCUT2D eigenvalue weighted by atomic mass is 15.4. The predicted octanol–water partition coefficient (Wildman–Crippen LogP) is 1.72. The van der Waals surface area contributed by atoms with Gasteiger partial charge in [0, 0.05) is 6.54 Å². The summed E-state index contributed by atoms with van der Waals surface area (Å²) < 4.78 is 0. The lowest BCUT2D eigenvalue weighted by Gasteiger charge is -2.00. The average Bonchev–Trinajstić information content (AvgIpc) is 2.92. The highest BCUT2D eigenvalue weighted by Gasteiger charge is 2.01. The summed E-state index contributed by atoms with van der Waals surface area (Å²) in [5.74, 6) is 0.743. The highest BCUT2D eigenvalue weighted by Crippen LogP contribution is 2.14. The number of nitrogens with zero attached hydrogens (tertiary/aromatic N) is 2. The van der Waals surface area contributed by atoms with Gasteiger partial charge in [-0.25, -0.2) is 10.4 Å². The van der Waals surface area contributed by atoms with Crippen molar-refractivity contribution >= 4 is 22.9 Å². The molecule has 2 N–H and O–H groups in total. The average molecular weight is 238 g/mol. The molecule has 2 aromatic carbocycles. The molecular weight excluding hydrogens is 224 g/mol. The van der Waals surface area contributed by atoms with E-state index in [2.05, 4.69) is 51.2 Å². The topological polar surface area (TPSA) is 48.8 Å². The fourth-order valence-corrected chi connectivity index (χ4v) is 1.93. The van der Waals surface area contributed by atoms with Crippen molar-refractivity contribution in [1.29, 1.82) is 0 Å². The molecule has 0 fully saturated rings. The van der Waals surface area contributed by atoms with E-state index in [4.69, 9.17) is 0 Å². The van der Waals surface area contributed by atoms with Crippen molar-refractivity contribution in [1.82, 2.24) is 10.7 Å². The normalized spacial score (nSPS) is 14.8. The molecule has 0 aromatic heterocycles. The molecule has 1 aliphatic heterocycles. The number of rotatable bonds is 2. The van der Waals surface area contributed by atoms with Crippen molar-refractivity contribution in [2.75, 3.05) is 13.1 Å². The minimum absolute atomic E-state index is 0.743. The Labute approximate surface area is 105 Å². The van der Waals surface area contributed by atoms with Crippen LogP contribution in [0, 0.1) is 0 Å². The third-order valence-electron chi connectivity index (χ3n) is 2.83. The van der Waals surface area contributed by atoms with Crippen molar-refractivity contribution < 1.29 is 0 Å². The number of aliphatic imine (C=N–C) groups is 1. The van der Waals surface area contributed by atoms with E-state index < -0.39 is 0 Å². The largest absolute Gasteiger partial charge is 0.353 e. The lowest BCUT2D eigenvalue weighted by molar-refractivity contribution is 0.920. The van der Waals surface area contributed by atoms with Gasteiger partial charge in [0.05, 0.1) is 12.8 Å². The molecule has 0 saturated heterocycles. The van der Waals surface area contributed by atoms with Crippen LogP contribution < -0.4 is 10.7 Å². The van der Waals surface area contributed by atoms with Crippen molar-refractivity contribution in [2.24, 2.45) is 10.1 Å². The van der Waals surface area contributed by atoms with Crippen LogP contribution in [0.3, 0.4) is 0 Å². The molecule has 3 rings (SSSR count). The molecule has 0 bridgehead atoms. The van der Waals surface area contributed by atoms with Crippen molar-refractivity contribution in [2.45, 2.75) is 0 Å². The molecule has 0 unspecified atom stereocenters. The summed E-state index contributed by atoms with van der Waals surface area (Å²) in [7, 11) is 0. The van der Waals surface area contributed by atoms with E-state index in [1.54, 1.807) is 6.21 Å². The van der Waals surface area contributed by atoms with E-state index >= 15 is 0 Å². The Balaban J connectivity index is 1.75. The minimum atomic E-state index is 0.743. The van der Waals surface area contributed by atoms with Crippen LogP contribution in [-0.4, -0.2) is 25.3 Å². The molecule has 4 heteroatoms. The van der Waals surface area contributed by atoms with Crippen LogP contribution in [0.1, 0.15) is 5.56 Å². The molecule has 0 saturated carbocycles. The zero-order valence-electron chi connectivity index (χ0n) is 9.93. The summed E-state index contributed by atoms with van der Waals surface area (Å²) in [5, 5.41) is 9.72. The van der Waals surface area contributed by atoms with Crippen LogP contribution in [0.5, 0.6) is 0 Å². The second-order valence-electron chi connectivity index (χ2n) is 4.13. The smallest absolute Gasteiger partial charge is 0.212 e. The van der Waals surface area contributed by atoms with Gasteiger partial charge in [-0.15, -0.1) is 0 Å². The molecule has 18 heavy (non-hydrogen) atoms. The van der Waals surface area contributed by atoms with Crippen LogP contribution in [0.15, 0.2) is 52.6 Å². The van der Waals surface area contributed by atoms with E-state index in [1.807, 2.05) is 12.1 Å². The van der Waals surface area contributed by atoms with E-state index in [-0.39, 0.29) is 0 Å². The van der Waals surface area contributed by atoms with Crippen molar-refractivity contribution in [3.63, 3.8) is 0 Å². The predicted molar refractivity (Wildman–Crippen MR) is 75.0 cm³/mol. The van der Waals surface area contributed by atoms with Gasteiger partial charge >= 0.3 is 0 Å². The first-order valence-electron chi connectivity index (χ1n) is 5.98. The van der Waals surface area contributed by atoms with Gasteiger partial charge in [-0.3, -0.25) is 0 Å². The van der Waals surface area contributed by atoms with Crippen molar-refractivity contribution in [3.05, 3.63) is 48.0 Å². The zero-order valence-corrected chi connectivity index (χ0v) is 9.93. The zero-order chi connectivity index (χ0) is 12.2. The first kappa shape index (κ1) is 10.8. The van der Waals surface area contributed by atoms with E-state index in [0.717, 1.165) is 24.6 Å². The lowest BCUT2D eigenvalue weighted by Crippen LogP contribution is -2.30. The van der Waals surface area contributed by atoms with Crippen molar-refractivity contribution in [3.8, 4) is 0 Å². The maximum atomic E-state index is 4.20. The molecule has 2 aromatic rings. The molecule has 4 nitrogen and oxygen atoms in total. The number of guanidine groups is 1. The molecule has 1 aliphatic rings. The Morgan fingerprint density at radius 2 is 2.06 bits per heavy atom. The van der Waals surface area contributed by atoms with Crippen LogP contribution in [-0.2, 0) is 0 Å². The molecule has 1 heterocycles. The molecule has 0 amide bonds. The van der Waals surface area contributed by atoms with Gasteiger partial charge in [0.1, 0.15) is 0 Å². The van der Waals surface area contributed by atoms with Gasteiger partial charge in [0.15, 0.2) is 0 Å². The standard InChI is InChI=1S/C14H14N4/c1-2-4-13-9-11(5-6-12(13)3-1)10-17-18-14-15-7-8-16-14/h1-6,9-10H,7-8H2,(H2,15,16,18)/b17-10+. The lowest BCUT2D eigenvalue weighted by atomic mass is 10.1. The molecule has 0 aliphatic carbocycles. The van der Waals surface area contributed by atoms with E-state index in [9.17, 15) is 0 Å². The van der Waals surface area contributed by atoms with Gasteiger partial charge in [0.2, 0.25) is 5.96 Å². The second kappa shape index (κ2) is 4.87. The van der Waals surface area contributed by atoms with Crippen LogP contribution in [0.25, 0.3) is 10.8 Å². The quantitative estimate of drug-likeness (QED) is 0.618. The Morgan fingerprint density at radius 1 is 1.17 bits per heavy atom. The molecule has 90 valence electrons. The maximum absolute atomic E-state index is 4.20. The van der Waals surface area contributed by atoms with Crippen LogP contribution >= 0.6 is 0 Å². The van der Waals surface area contributed by atoms with Crippen LogP contribution in [0.4, 0.5) is 0 Å². The minimum Gasteiger partial charge on any atom is -0.353 e. The first-order valence-corrected chi connectivity index (χ1v) is 5.98. The van der Waals surface area contributed by atoms with Crippen LogP contribution in [0.2, 0.25) is 0 Å². The van der Waals surface area contributed by atoms with E-state index in [1.165, 1.54) is 10.8 Å². The van der Waals surface area contributed by atoms with Gasteiger partial charge in [-0.2, -0.15) is 5.10 Å². The summed E-state index contributed by atoms with van der Waals surface area (Å²) in [5.41, 5.74) is 3.96. The fraction of sp³-hybridized carbons (Fsp3) is 0.143. The Bertz CT molecular complexity index is 616. The van der Waals surface area contributed by atoms with Gasteiger partial charge in [0.25, 0.3) is 0 Å². The third kappa shape index (κ3) is 2.32. The number of fused-ring (bicyclic) bond motifs is 1. The number of hydrogen-bond donors (Lipinski definition) is 2. The van der Waals surface area contributed by atoms with E-state index in [0.29, 0.717) is 0 Å². The SMILES string of the molecule is C(=N\NC1=NCCN1)/c1ccc2ccccc2c1. The first-order chi connectivity index (χ1) is 8.92. The number of hydrazone groups is 1. The van der Waals surface area contributed by atoms with Gasteiger partial charge < -0.3 is 5.32 Å². The molecule has 0 atom stereocenters. The summed E-state index contributed by atoms with van der Waals surface area (Å²) in [6.45, 7) is 1.70. The highest BCUT2D eigenvalue weighted by molar-refractivity contribution is 5.91. The third-order valence-corrected chi connectivity index (χ3v) is 2.83. The number of nitrogens with one attached hydrogen (secondary N) is 2. The molecule has 0 radical (unpaired) electrons. The fourth-order valence-electron chi connectivity index (χ4n) is 1.93. The monoisotopic (exact) mass is 238 g/mol. The number of benzene rings is 2. The summed E-state index contributed by atoms with van der Waals surface area (Å²) in [6.07, 6.45) is 1.80. The Morgan fingerprint density at radius 3 is 2.89 bits per heavy atom. The Kier molecular flexibility index (Phi) is 2.92. The maximum Gasteiger partial charge on any atom is 0.212 e. The molecule has 0 spiro atoms. The van der Waals surface area contributed by atoms with Gasteiger partial charge in [-0.1, -0.05) is 36.4 Å². The summed E-state index contributed by atoms with van der Waals surface area (Å²) in [6, 6.07) is 14.6. The second-order valence-corrected chi connectivity index (χ2v) is 4.13. The number of hydrogen-bond acceptors (Lipinski definition) is 4. The van der Waals surface area contributed by atoms with Gasteiger partial charge in [-0.05, 0) is 22.4 Å². The molecular formula is C14H14N4. The summed E-state index contributed by atoms with van der Waals surface area (Å²) in [4.78, 5) is 4.20. The summed E-state index contributed by atoms with van der Waals surface area (Å²) >= 11 is 0. The Hall–Kier alpha value is -2.36.